The molecule has 6 heteroatoms. The normalized spacial score (nSPS) is 11.6. The van der Waals surface area contributed by atoms with Crippen LogP contribution < -0.4 is 5.32 Å². The van der Waals surface area contributed by atoms with E-state index >= 15 is 0 Å². The summed E-state index contributed by atoms with van der Waals surface area (Å²) < 4.78 is 19.0. The third-order valence-electron chi connectivity index (χ3n) is 4.23. The van der Waals surface area contributed by atoms with Crippen molar-refractivity contribution in [1.29, 1.82) is 0 Å². The third-order valence-corrected chi connectivity index (χ3v) is 5.51. The summed E-state index contributed by atoms with van der Waals surface area (Å²) in [6.07, 6.45) is 4.04. The van der Waals surface area contributed by atoms with E-state index in [2.05, 4.69) is 32.2 Å². The van der Waals surface area contributed by atoms with Gasteiger partial charge in [0.2, 0.25) is 0 Å². The molecule has 28 heavy (non-hydrogen) atoms. The molecule has 1 aromatic heterocycles. The van der Waals surface area contributed by atoms with Crippen molar-refractivity contribution in [3.63, 3.8) is 0 Å². The number of anilines is 1. The molecule has 1 amide bonds. The molecule has 0 spiro atoms. The van der Waals surface area contributed by atoms with Crippen LogP contribution in [0.3, 0.4) is 0 Å². The molecule has 4 nitrogen and oxygen atoms in total. The third kappa shape index (κ3) is 5.76. The molecule has 0 aliphatic carbocycles. The number of allylic oxidation sites excluding steroid dienone is 2. The van der Waals surface area contributed by atoms with Gasteiger partial charge in [-0.1, -0.05) is 30.7 Å². The molecule has 0 unspecified atom stereocenters. The van der Waals surface area contributed by atoms with Crippen molar-refractivity contribution >= 4 is 28.2 Å². The lowest BCUT2D eigenvalue weighted by molar-refractivity contribution is 0.0528. The van der Waals surface area contributed by atoms with Gasteiger partial charge in [-0.15, -0.1) is 11.3 Å². The number of esters is 1. The highest BCUT2D eigenvalue weighted by Gasteiger charge is 2.22. The summed E-state index contributed by atoms with van der Waals surface area (Å²) in [4.78, 5) is 25.8. The molecule has 1 heterocycles. The van der Waals surface area contributed by atoms with Crippen LogP contribution in [0.25, 0.3) is 0 Å². The lowest BCUT2D eigenvalue weighted by Crippen LogP contribution is -2.15. The van der Waals surface area contributed by atoms with Gasteiger partial charge in [-0.25, -0.2) is 9.18 Å². The number of nitrogens with one attached hydrogen (secondary N) is 1. The Morgan fingerprint density at radius 2 is 1.96 bits per heavy atom. The first-order valence-corrected chi connectivity index (χ1v) is 10.1. The van der Waals surface area contributed by atoms with Crippen molar-refractivity contribution in [2.24, 2.45) is 0 Å². The van der Waals surface area contributed by atoms with Gasteiger partial charge in [0.15, 0.2) is 0 Å². The minimum atomic E-state index is -0.607. The summed E-state index contributed by atoms with van der Waals surface area (Å²) in [5.74, 6) is -1.47. The number of ether oxygens (including phenoxy) is 1. The first kappa shape index (κ1) is 21.8. The molecule has 0 aliphatic heterocycles. The standard InChI is InChI=1S/C22H26FNO3S/c1-5-27-22(26)17-13-19(15(4)10-8-9-14(2)3)28-21(17)24-20(25)16-11-6-7-12-18(16)23/h6-7,9,11-13,15H,5,8,10H2,1-4H3,(H,24,25)/t15-/m0/s1. The average molecular weight is 404 g/mol. The van der Waals surface area contributed by atoms with E-state index in [1.807, 2.05) is 0 Å². The molecule has 2 rings (SSSR count). The second-order valence-electron chi connectivity index (χ2n) is 6.81. The smallest absolute Gasteiger partial charge is 0.341 e. The van der Waals surface area contributed by atoms with Crippen LogP contribution in [0.2, 0.25) is 0 Å². The van der Waals surface area contributed by atoms with Crippen molar-refractivity contribution in [3.05, 3.63) is 63.8 Å². The summed E-state index contributed by atoms with van der Waals surface area (Å²) in [7, 11) is 0. The molecular weight excluding hydrogens is 377 g/mol. The highest BCUT2D eigenvalue weighted by atomic mass is 32.1. The van der Waals surface area contributed by atoms with Crippen molar-refractivity contribution in [1.82, 2.24) is 0 Å². The SMILES string of the molecule is CCOC(=O)c1cc([C@@H](C)CCC=C(C)C)sc1NC(=O)c1ccccc1F. The van der Waals surface area contributed by atoms with Gasteiger partial charge >= 0.3 is 5.97 Å². The Kier molecular flexibility index (Phi) is 7.93. The van der Waals surface area contributed by atoms with Crippen molar-refractivity contribution in [2.75, 3.05) is 11.9 Å². The number of hydrogen-bond donors (Lipinski definition) is 1. The quantitative estimate of drug-likeness (QED) is 0.424. The minimum absolute atomic E-state index is 0.0659. The van der Waals surface area contributed by atoms with E-state index in [0.717, 1.165) is 17.7 Å². The molecule has 0 bridgehead atoms. The molecule has 0 aliphatic rings. The highest BCUT2D eigenvalue weighted by Crippen LogP contribution is 2.36. The predicted molar refractivity (Wildman–Crippen MR) is 112 cm³/mol. The molecule has 2 aromatic rings. The number of hydrogen-bond acceptors (Lipinski definition) is 4. The monoisotopic (exact) mass is 403 g/mol. The lowest BCUT2D eigenvalue weighted by Gasteiger charge is -2.07. The first-order chi connectivity index (χ1) is 13.3. The van der Waals surface area contributed by atoms with E-state index in [-0.39, 0.29) is 18.1 Å². The van der Waals surface area contributed by atoms with E-state index < -0.39 is 17.7 Å². The van der Waals surface area contributed by atoms with Gasteiger partial charge < -0.3 is 10.1 Å². The van der Waals surface area contributed by atoms with Gasteiger partial charge in [0, 0.05) is 4.88 Å². The van der Waals surface area contributed by atoms with Gasteiger partial charge in [-0.05, 0) is 57.7 Å². The lowest BCUT2D eigenvalue weighted by atomic mass is 10.0. The number of benzene rings is 1. The summed E-state index contributed by atoms with van der Waals surface area (Å²) in [5, 5.41) is 3.07. The van der Waals surface area contributed by atoms with Crippen molar-refractivity contribution in [2.45, 2.75) is 46.5 Å². The zero-order chi connectivity index (χ0) is 20.7. The molecule has 150 valence electrons. The van der Waals surface area contributed by atoms with Crippen LogP contribution in [0.4, 0.5) is 9.39 Å². The Hall–Kier alpha value is -2.47. The van der Waals surface area contributed by atoms with Gasteiger partial charge in [0.1, 0.15) is 10.8 Å². The molecule has 1 atom stereocenters. The Balaban J connectivity index is 2.27. The molecule has 1 aromatic carbocycles. The van der Waals surface area contributed by atoms with Crippen LogP contribution in [-0.4, -0.2) is 18.5 Å². The summed E-state index contributed by atoms with van der Waals surface area (Å²) >= 11 is 1.33. The van der Waals surface area contributed by atoms with Crippen LogP contribution in [0.15, 0.2) is 42.0 Å². The maximum atomic E-state index is 13.9. The fraction of sp³-hybridized carbons (Fsp3) is 0.364. The maximum absolute atomic E-state index is 13.9. The molecule has 0 saturated heterocycles. The number of carbonyl (C=O) groups excluding carboxylic acids is 2. The molecule has 0 radical (unpaired) electrons. The topological polar surface area (TPSA) is 55.4 Å². The minimum Gasteiger partial charge on any atom is -0.462 e. The number of amides is 1. The van der Waals surface area contributed by atoms with E-state index in [1.54, 1.807) is 19.1 Å². The maximum Gasteiger partial charge on any atom is 0.341 e. The predicted octanol–water partition coefficient (Wildman–Crippen LogP) is 6.17. The van der Waals surface area contributed by atoms with E-state index in [0.29, 0.717) is 10.6 Å². The van der Waals surface area contributed by atoms with Gasteiger partial charge in [0.05, 0.1) is 17.7 Å². The average Bonchev–Trinajstić information content (AvgIpc) is 3.06. The Morgan fingerprint density at radius 3 is 2.61 bits per heavy atom. The van der Waals surface area contributed by atoms with Gasteiger partial charge in [-0.3, -0.25) is 4.79 Å². The zero-order valence-electron chi connectivity index (χ0n) is 16.7. The second kappa shape index (κ2) is 10.2. The Labute approximate surface area is 169 Å². The van der Waals surface area contributed by atoms with Crippen LogP contribution in [0, 0.1) is 5.82 Å². The second-order valence-corrected chi connectivity index (χ2v) is 7.89. The largest absolute Gasteiger partial charge is 0.462 e. The molecule has 0 saturated carbocycles. The van der Waals surface area contributed by atoms with Crippen LogP contribution in [-0.2, 0) is 4.74 Å². The van der Waals surface area contributed by atoms with Crippen LogP contribution >= 0.6 is 11.3 Å². The number of carbonyl (C=O) groups is 2. The van der Waals surface area contributed by atoms with Crippen LogP contribution in [0.1, 0.15) is 72.0 Å². The molecular formula is C22H26FNO3S. The van der Waals surface area contributed by atoms with Crippen LogP contribution in [0.5, 0.6) is 0 Å². The van der Waals surface area contributed by atoms with Crippen molar-refractivity contribution < 1.29 is 18.7 Å². The number of rotatable bonds is 8. The summed E-state index contributed by atoms with van der Waals surface area (Å²) in [5.41, 5.74) is 1.51. The Morgan fingerprint density at radius 1 is 1.25 bits per heavy atom. The molecule has 1 N–H and O–H groups in total. The van der Waals surface area contributed by atoms with Gasteiger partial charge in [-0.2, -0.15) is 0 Å². The van der Waals surface area contributed by atoms with Gasteiger partial charge in [0.25, 0.3) is 5.91 Å². The van der Waals surface area contributed by atoms with E-state index in [1.165, 1.54) is 35.1 Å². The molecule has 0 fully saturated rings. The fourth-order valence-corrected chi connectivity index (χ4v) is 3.81. The summed E-state index contributed by atoms with van der Waals surface area (Å²) in [6, 6.07) is 7.52. The van der Waals surface area contributed by atoms with E-state index in [4.69, 9.17) is 4.74 Å². The van der Waals surface area contributed by atoms with E-state index in [9.17, 15) is 14.0 Å². The number of halogens is 1. The zero-order valence-corrected chi connectivity index (χ0v) is 17.5. The fourth-order valence-electron chi connectivity index (χ4n) is 2.69. The first-order valence-electron chi connectivity index (χ1n) is 9.33. The number of thiophene rings is 1. The summed E-state index contributed by atoms with van der Waals surface area (Å²) in [6.45, 7) is 8.17. The van der Waals surface area contributed by atoms with Crippen molar-refractivity contribution in [3.8, 4) is 0 Å². The highest BCUT2D eigenvalue weighted by molar-refractivity contribution is 7.16. The Bertz CT molecular complexity index is 868.